The summed E-state index contributed by atoms with van der Waals surface area (Å²) in [5.74, 6) is 1.60. The predicted octanol–water partition coefficient (Wildman–Crippen LogP) is 2.18. The highest BCUT2D eigenvalue weighted by molar-refractivity contribution is 5.91. The number of amides is 1. The Labute approximate surface area is 154 Å². The fraction of sp³-hybridized carbons (Fsp3) is 0.667. The molecule has 2 aromatic rings. The standard InChI is InChI=1S/C18H28N6O2/c1-13(2)15(16-19-20-21-24(16)18(3,4)5)22-8-10-23(11-9-22)17(25)14-7-6-12-26-14/h6-7,12-13,15H,8-11H2,1-5H3/t15-/m1/s1. The van der Waals surface area contributed by atoms with Crippen molar-refractivity contribution in [1.82, 2.24) is 30.0 Å². The number of furan rings is 1. The molecule has 1 aliphatic rings. The Kier molecular flexibility index (Phi) is 5.13. The van der Waals surface area contributed by atoms with E-state index in [9.17, 15) is 4.79 Å². The first-order valence-corrected chi connectivity index (χ1v) is 9.14. The van der Waals surface area contributed by atoms with Crippen molar-refractivity contribution in [2.75, 3.05) is 26.2 Å². The van der Waals surface area contributed by atoms with Gasteiger partial charge in [0.25, 0.3) is 5.91 Å². The molecule has 2 aromatic heterocycles. The van der Waals surface area contributed by atoms with Gasteiger partial charge in [-0.15, -0.1) is 5.10 Å². The Morgan fingerprint density at radius 2 is 1.88 bits per heavy atom. The number of hydrogen-bond acceptors (Lipinski definition) is 6. The minimum atomic E-state index is -0.178. The van der Waals surface area contributed by atoms with Crippen molar-refractivity contribution < 1.29 is 9.21 Å². The highest BCUT2D eigenvalue weighted by Gasteiger charge is 2.34. The van der Waals surface area contributed by atoms with Crippen LogP contribution in [0, 0.1) is 5.92 Å². The van der Waals surface area contributed by atoms with E-state index >= 15 is 0 Å². The number of hydrogen-bond donors (Lipinski definition) is 0. The molecule has 0 saturated carbocycles. The van der Waals surface area contributed by atoms with E-state index < -0.39 is 0 Å². The zero-order valence-electron chi connectivity index (χ0n) is 16.2. The average Bonchev–Trinajstić information content (AvgIpc) is 3.26. The van der Waals surface area contributed by atoms with Crippen molar-refractivity contribution in [1.29, 1.82) is 0 Å². The van der Waals surface area contributed by atoms with Gasteiger partial charge in [0, 0.05) is 26.2 Å². The minimum absolute atomic E-state index is 0.0460. The van der Waals surface area contributed by atoms with Gasteiger partial charge in [-0.2, -0.15) is 0 Å². The van der Waals surface area contributed by atoms with Gasteiger partial charge in [0.05, 0.1) is 17.8 Å². The third kappa shape index (κ3) is 3.65. The van der Waals surface area contributed by atoms with Gasteiger partial charge in [-0.1, -0.05) is 13.8 Å². The molecule has 8 heteroatoms. The van der Waals surface area contributed by atoms with Crippen LogP contribution in [0.3, 0.4) is 0 Å². The van der Waals surface area contributed by atoms with Gasteiger partial charge in [-0.3, -0.25) is 9.69 Å². The molecule has 26 heavy (non-hydrogen) atoms. The number of piperazine rings is 1. The Morgan fingerprint density at radius 3 is 2.42 bits per heavy atom. The number of rotatable bonds is 4. The smallest absolute Gasteiger partial charge is 0.289 e. The van der Waals surface area contributed by atoms with Crippen LogP contribution >= 0.6 is 0 Å². The predicted molar refractivity (Wildman–Crippen MR) is 96.6 cm³/mol. The van der Waals surface area contributed by atoms with Crippen molar-refractivity contribution in [2.45, 2.75) is 46.2 Å². The van der Waals surface area contributed by atoms with Gasteiger partial charge >= 0.3 is 0 Å². The summed E-state index contributed by atoms with van der Waals surface area (Å²) in [6, 6.07) is 3.57. The fourth-order valence-corrected chi connectivity index (χ4v) is 3.50. The maximum absolute atomic E-state index is 12.5. The summed E-state index contributed by atoms with van der Waals surface area (Å²) in [7, 11) is 0. The van der Waals surface area contributed by atoms with Crippen LogP contribution < -0.4 is 0 Å². The first kappa shape index (κ1) is 18.6. The van der Waals surface area contributed by atoms with Gasteiger partial charge in [-0.05, 0) is 49.2 Å². The molecule has 0 bridgehead atoms. The van der Waals surface area contributed by atoms with Crippen LogP contribution in [0.4, 0.5) is 0 Å². The molecule has 0 spiro atoms. The lowest BCUT2D eigenvalue weighted by molar-refractivity contribution is 0.0456. The summed E-state index contributed by atoms with van der Waals surface area (Å²) in [4.78, 5) is 16.7. The molecule has 0 unspecified atom stereocenters. The van der Waals surface area contributed by atoms with Crippen LogP contribution in [-0.2, 0) is 5.54 Å². The number of carbonyl (C=O) groups is 1. The molecule has 1 fully saturated rings. The largest absolute Gasteiger partial charge is 0.459 e. The summed E-state index contributed by atoms with van der Waals surface area (Å²) < 4.78 is 7.15. The van der Waals surface area contributed by atoms with E-state index in [4.69, 9.17) is 4.42 Å². The third-order valence-corrected chi connectivity index (χ3v) is 4.75. The Morgan fingerprint density at radius 1 is 1.19 bits per heavy atom. The highest BCUT2D eigenvalue weighted by Crippen LogP contribution is 2.30. The van der Waals surface area contributed by atoms with Crippen LogP contribution in [0.25, 0.3) is 0 Å². The van der Waals surface area contributed by atoms with Crippen molar-refractivity contribution in [2.24, 2.45) is 5.92 Å². The summed E-state index contributed by atoms with van der Waals surface area (Å²) in [6.07, 6.45) is 1.53. The van der Waals surface area contributed by atoms with Crippen molar-refractivity contribution in [3.63, 3.8) is 0 Å². The summed E-state index contributed by atoms with van der Waals surface area (Å²) in [5.41, 5.74) is -0.178. The molecule has 1 saturated heterocycles. The topological polar surface area (TPSA) is 80.3 Å². The number of nitrogens with zero attached hydrogens (tertiary/aromatic N) is 6. The van der Waals surface area contributed by atoms with Gasteiger partial charge in [-0.25, -0.2) is 4.68 Å². The number of carbonyl (C=O) groups excluding carboxylic acids is 1. The molecule has 0 radical (unpaired) electrons. The van der Waals surface area contributed by atoms with Gasteiger partial charge in [0.2, 0.25) is 0 Å². The molecule has 1 amide bonds. The molecular formula is C18H28N6O2. The molecular weight excluding hydrogens is 332 g/mol. The van der Waals surface area contributed by atoms with Crippen molar-refractivity contribution in [3.05, 3.63) is 30.0 Å². The van der Waals surface area contributed by atoms with Gasteiger partial charge in [0.1, 0.15) is 0 Å². The molecule has 3 heterocycles. The van der Waals surface area contributed by atoms with E-state index in [2.05, 4.69) is 55.0 Å². The van der Waals surface area contributed by atoms with E-state index in [0.717, 1.165) is 18.9 Å². The SMILES string of the molecule is CC(C)[C@H](c1nnnn1C(C)(C)C)N1CCN(C(=O)c2ccco2)CC1. The molecule has 0 aromatic carbocycles. The van der Waals surface area contributed by atoms with E-state index in [-0.39, 0.29) is 17.5 Å². The van der Waals surface area contributed by atoms with Gasteiger partial charge < -0.3 is 9.32 Å². The molecule has 1 atom stereocenters. The summed E-state index contributed by atoms with van der Waals surface area (Å²) in [6.45, 7) is 13.6. The van der Waals surface area contributed by atoms with E-state index in [1.54, 1.807) is 12.1 Å². The van der Waals surface area contributed by atoms with Crippen molar-refractivity contribution in [3.8, 4) is 0 Å². The van der Waals surface area contributed by atoms with Crippen LogP contribution in [0.5, 0.6) is 0 Å². The molecule has 8 nitrogen and oxygen atoms in total. The molecule has 142 valence electrons. The maximum atomic E-state index is 12.5. The monoisotopic (exact) mass is 360 g/mol. The second kappa shape index (κ2) is 7.19. The van der Waals surface area contributed by atoms with E-state index in [1.165, 1.54) is 6.26 Å². The molecule has 3 rings (SSSR count). The second-order valence-electron chi connectivity index (χ2n) is 8.11. The molecule has 1 aliphatic heterocycles. The summed E-state index contributed by atoms with van der Waals surface area (Å²) >= 11 is 0. The lowest BCUT2D eigenvalue weighted by atomic mass is 9.99. The Balaban J connectivity index is 1.74. The van der Waals surface area contributed by atoms with Crippen LogP contribution in [-0.4, -0.2) is 62.1 Å². The maximum Gasteiger partial charge on any atom is 0.289 e. The Hall–Kier alpha value is -2.22. The van der Waals surface area contributed by atoms with Gasteiger partial charge in [0.15, 0.2) is 11.6 Å². The zero-order chi connectivity index (χ0) is 18.9. The summed E-state index contributed by atoms with van der Waals surface area (Å²) in [5, 5.41) is 12.5. The van der Waals surface area contributed by atoms with Crippen LogP contribution in [0.15, 0.2) is 22.8 Å². The van der Waals surface area contributed by atoms with Crippen LogP contribution in [0.2, 0.25) is 0 Å². The van der Waals surface area contributed by atoms with E-state index in [1.807, 2.05) is 9.58 Å². The normalized spacial score (nSPS) is 17.7. The minimum Gasteiger partial charge on any atom is -0.459 e. The quantitative estimate of drug-likeness (QED) is 0.831. The first-order chi connectivity index (χ1) is 12.3. The lowest BCUT2D eigenvalue weighted by Crippen LogP contribution is -2.51. The molecule has 0 N–H and O–H groups in total. The third-order valence-electron chi connectivity index (χ3n) is 4.75. The second-order valence-corrected chi connectivity index (χ2v) is 8.11. The zero-order valence-corrected chi connectivity index (χ0v) is 16.2. The number of tetrazole rings is 1. The average molecular weight is 360 g/mol. The fourth-order valence-electron chi connectivity index (χ4n) is 3.50. The van der Waals surface area contributed by atoms with E-state index in [0.29, 0.717) is 24.8 Å². The first-order valence-electron chi connectivity index (χ1n) is 9.14. The van der Waals surface area contributed by atoms with Crippen molar-refractivity contribution >= 4 is 5.91 Å². The highest BCUT2D eigenvalue weighted by atomic mass is 16.3. The molecule has 0 aliphatic carbocycles. The lowest BCUT2D eigenvalue weighted by Gasteiger charge is -2.40. The van der Waals surface area contributed by atoms with Crippen LogP contribution in [0.1, 0.15) is 57.0 Å². The Bertz CT molecular complexity index is 723. The number of aromatic nitrogens is 4.